The number of amides is 1. The van der Waals surface area contributed by atoms with Crippen LogP contribution in [0.3, 0.4) is 0 Å². The number of rotatable bonds is 3. The smallest absolute Gasteiger partial charge is 0.225 e. The molecule has 1 aromatic heterocycles. The highest BCUT2D eigenvalue weighted by molar-refractivity contribution is 5.79. The van der Waals surface area contributed by atoms with E-state index < -0.39 is 0 Å². The van der Waals surface area contributed by atoms with Gasteiger partial charge in [-0.2, -0.15) is 5.10 Å². The van der Waals surface area contributed by atoms with Crippen LogP contribution in [0.25, 0.3) is 0 Å². The molecule has 3 fully saturated rings. The van der Waals surface area contributed by atoms with Crippen molar-refractivity contribution in [3.8, 4) is 0 Å². The lowest BCUT2D eigenvalue weighted by atomic mass is 9.88. The van der Waals surface area contributed by atoms with Crippen molar-refractivity contribution in [2.24, 2.45) is 5.92 Å². The molecular formula is C19H31N5O. The quantitative estimate of drug-likeness (QED) is 0.914. The Morgan fingerprint density at radius 1 is 0.960 bits per heavy atom. The SMILES string of the molecule is O=C(C1CCN(C2CCCCC2)CC1)N1CCC(c2ncn[nH]2)CC1. The maximum absolute atomic E-state index is 12.9. The molecule has 0 unspecified atom stereocenters. The number of nitrogens with one attached hydrogen (secondary N) is 1. The Morgan fingerprint density at radius 2 is 1.68 bits per heavy atom. The summed E-state index contributed by atoms with van der Waals surface area (Å²) in [6.45, 7) is 3.98. The zero-order chi connectivity index (χ0) is 17.1. The van der Waals surface area contributed by atoms with E-state index in [-0.39, 0.29) is 5.92 Å². The highest BCUT2D eigenvalue weighted by Crippen LogP contribution is 2.30. The molecule has 2 saturated heterocycles. The molecule has 0 spiro atoms. The number of likely N-dealkylation sites (tertiary alicyclic amines) is 2. The summed E-state index contributed by atoms with van der Waals surface area (Å²) >= 11 is 0. The van der Waals surface area contributed by atoms with Crippen LogP contribution in [0, 0.1) is 5.92 Å². The number of H-pyrrole nitrogens is 1. The van der Waals surface area contributed by atoms with Crippen molar-refractivity contribution in [1.29, 1.82) is 0 Å². The van der Waals surface area contributed by atoms with Crippen molar-refractivity contribution in [2.45, 2.75) is 69.7 Å². The van der Waals surface area contributed by atoms with Crippen LogP contribution in [0.4, 0.5) is 0 Å². The molecule has 1 N–H and O–H groups in total. The fraction of sp³-hybridized carbons (Fsp3) is 0.842. The summed E-state index contributed by atoms with van der Waals surface area (Å²) in [5.74, 6) is 2.06. The molecule has 2 aliphatic heterocycles. The van der Waals surface area contributed by atoms with Crippen LogP contribution < -0.4 is 0 Å². The molecule has 6 heteroatoms. The van der Waals surface area contributed by atoms with E-state index in [4.69, 9.17) is 0 Å². The maximum atomic E-state index is 12.9. The van der Waals surface area contributed by atoms with Crippen molar-refractivity contribution in [3.05, 3.63) is 12.2 Å². The van der Waals surface area contributed by atoms with Crippen molar-refractivity contribution >= 4 is 5.91 Å². The van der Waals surface area contributed by atoms with Gasteiger partial charge in [-0.3, -0.25) is 9.89 Å². The molecular weight excluding hydrogens is 314 g/mol. The molecule has 0 atom stereocenters. The molecule has 1 aromatic rings. The molecule has 1 aliphatic carbocycles. The first-order valence-corrected chi connectivity index (χ1v) is 10.2. The summed E-state index contributed by atoms with van der Waals surface area (Å²) in [6.07, 6.45) is 12.6. The second kappa shape index (κ2) is 7.85. The molecule has 3 aliphatic rings. The summed E-state index contributed by atoms with van der Waals surface area (Å²) in [5.41, 5.74) is 0. The fourth-order valence-electron chi connectivity index (χ4n) is 5.00. The van der Waals surface area contributed by atoms with Gasteiger partial charge in [0, 0.05) is 31.0 Å². The van der Waals surface area contributed by atoms with E-state index in [2.05, 4.69) is 25.0 Å². The van der Waals surface area contributed by atoms with Gasteiger partial charge < -0.3 is 9.80 Å². The van der Waals surface area contributed by atoms with E-state index in [1.807, 2.05) is 0 Å². The number of hydrogen-bond donors (Lipinski definition) is 1. The third-order valence-electron chi connectivity index (χ3n) is 6.60. The van der Waals surface area contributed by atoms with Crippen LogP contribution >= 0.6 is 0 Å². The Hall–Kier alpha value is -1.43. The van der Waals surface area contributed by atoms with Crippen LogP contribution in [-0.2, 0) is 4.79 Å². The third-order valence-corrected chi connectivity index (χ3v) is 6.60. The number of aromatic amines is 1. The number of piperidine rings is 2. The van der Waals surface area contributed by atoms with Crippen LogP contribution in [0.15, 0.2) is 6.33 Å². The molecule has 0 radical (unpaired) electrons. The number of carbonyl (C=O) groups is 1. The van der Waals surface area contributed by atoms with E-state index in [9.17, 15) is 4.79 Å². The Balaban J connectivity index is 1.24. The predicted molar refractivity (Wildman–Crippen MR) is 96.1 cm³/mol. The molecule has 0 bridgehead atoms. The topological polar surface area (TPSA) is 65.1 Å². The van der Waals surface area contributed by atoms with Gasteiger partial charge in [0.2, 0.25) is 5.91 Å². The lowest BCUT2D eigenvalue weighted by molar-refractivity contribution is -0.138. The van der Waals surface area contributed by atoms with Gasteiger partial charge in [-0.1, -0.05) is 19.3 Å². The largest absolute Gasteiger partial charge is 0.342 e. The first kappa shape index (κ1) is 17.0. The van der Waals surface area contributed by atoms with Crippen LogP contribution in [0.2, 0.25) is 0 Å². The zero-order valence-corrected chi connectivity index (χ0v) is 15.2. The van der Waals surface area contributed by atoms with Crippen molar-refractivity contribution in [1.82, 2.24) is 25.0 Å². The molecule has 6 nitrogen and oxygen atoms in total. The van der Waals surface area contributed by atoms with Crippen molar-refractivity contribution in [3.63, 3.8) is 0 Å². The number of hydrogen-bond acceptors (Lipinski definition) is 4. The Morgan fingerprint density at radius 3 is 2.32 bits per heavy atom. The van der Waals surface area contributed by atoms with Gasteiger partial charge >= 0.3 is 0 Å². The molecule has 138 valence electrons. The van der Waals surface area contributed by atoms with Crippen LogP contribution in [-0.4, -0.2) is 63.1 Å². The normalized spacial score (nSPS) is 25.4. The van der Waals surface area contributed by atoms with Gasteiger partial charge in [0.05, 0.1) is 0 Å². The van der Waals surface area contributed by atoms with E-state index in [1.165, 1.54) is 32.1 Å². The van der Waals surface area contributed by atoms with Gasteiger partial charge in [-0.25, -0.2) is 4.98 Å². The monoisotopic (exact) mass is 345 g/mol. The van der Waals surface area contributed by atoms with E-state index in [0.29, 0.717) is 11.8 Å². The first-order valence-electron chi connectivity index (χ1n) is 10.2. The lowest BCUT2D eigenvalue weighted by Crippen LogP contribution is -2.47. The molecule has 3 heterocycles. The number of aromatic nitrogens is 3. The highest BCUT2D eigenvalue weighted by Gasteiger charge is 2.33. The summed E-state index contributed by atoms with van der Waals surface area (Å²) in [5, 5.41) is 6.93. The fourth-order valence-corrected chi connectivity index (χ4v) is 5.00. The Kier molecular flexibility index (Phi) is 5.34. The minimum absolute atomic E-state index is 0.252. The van der Waals surface area contributed by atoms with Gasteiger partial charge in [0.15, 0.2) is 0 Å². The molecule has 25 heavy (non-hydrogen) atoms. The van der Waals surface area contributed by atoms with Crippen LogP contribution in [0.1, 0.15) is 69.5 Å². The predicted octanol–water partition coefficient (Wildman–Crippen LogP) is 2.56. The van der Waals surface area contributed by atoms with E-state index >= 15 is 0 Å². The summed E-state index contributed by atoms with van der Waals surface area (Å²) in [4.78, 5) is 21.9. The second-order valence-electron chi connectivity index (χ2n) is 8.07. The number of nitrogens with zero attached hydrogens (tertiary/aromatic N) is 4. The summed E-state index contributed by atoms with van der Waals surface area (Å²) < 4.78 is 0. The minimum atomic E-state index is 0.252. The molecule has 0 aromatic carbocycles. The summed E-state index contributed by atoms with van der Waals surface area (Å²) in [6, 6.07) is 0.794. The van der Waals surface area contributed by atoms with Gasteiger partial charge in [-0.15, -0.1) is 0 Å². The maximum Gasteiger partial charge on any atom is 0.225 e. The van der Waals surface area contributed by atoms with Gasteiger partial charge in [0.25, 0.3) is 0 Å². The van der Waals surface area contributed by atoms with E-state index in [1.54, 1.807) is 6.33 Å². The average Bonchev–Trinajstić information content (AvgIpc) is 3.23. The standard InChI is InChI=1S/C19H31N5O/c25-19(24-12-6-15(7-13-24)18-20-14-21-22-18)16-8-10-23(11-9-16)17-4-2-1-3-5-17/h14-17H,1-13H2,(H,20,21,22). The minimum Gasteiger partial charge on any atom is -0.342 e. The molecule has 1 saturated carbocycles. The van der Waals surface area contributed by atoms with Gasteiger partial charge in [0.1, 0.15) is 12.2 Å². The molecule has 1 amide bonds. The van der Waals surface area contributed by atoms with E-state index in [0.717, 1.165) is 63.7 Å². The zero-order valence-electron chi connectivity index (χ0n) is 15.2. The van der Waals surface area contributed by atoms with Crippen molar-refractivity contribution in [2.75, 3.05) is 26.2 Å². The lowest BCUT2D eigenvalue weighted by Gasteiger charge is -2.40. The summed E-state index contributed by atoms with van der Waals surface area (Å²) in [7, 11) is 0. The van der Waals surface area contributed by atoms with Gasteiger partial charge in [-0.05, 0) is 51.6 Å². The second-order valence-corrected chi connectivity index (χ2v) is 8.07. The third kappa shape index (κ3) is 3.89. The molecule has 4 rings (SSSR count). The number of carbonyl (C=O) groups excluding carboxylic acids is 1. The first-order chi connectivity index (χ1) is 12.3. The van der Waals surface area contributed by atoms with Crippen LogP contribution in [0.5, 0.6) is 0 Å². The Bertz CT molecular complexity index is 538. The average molecular weight is 345 g/mol. The van der Waals surface area contributed by atoms with Crippen molar-refractivity contribution < 1.29 is 4.79 Å². The Labute approximate surface area is 150 Å². The highest BCUT2D eigenvalue weighted by atomic mass is 16.2.